The molecule has 45 heavy (non-hydrogen) atoms. The summed E-state index contributed by atoms with van der Waals surface area (Å²) in [6.07, 6.45) is 1.17. The molecular weight excluding hydrogens is 621 g/mol. The molecule has 0 spiro atoms. The lowest BCUT2D eigenvalue weighted by Gasteiger charge is -2.21. The number of carbonyl (C=O) groups excluding carboxylic acids is 2. The van der Waals surface area contributed by atoms with Crippen molar-refractivity contribution in [3.05, 3.63) is 59.3 Å². The van der Waals surface area contributed by atoms with Crippen LogP contribution in [0, 0.1) is 11.3 Å². The summed E-state index contributed by atoms with van der Waals surface area (Å²) in [7, 11) is 0. The standard InChI is InChI=1S/C26H24ClF3N10O2.CH2O2/c1-14(25(42)38-7-4-15(32)12-38)35-24(41)17-3-2-16(10-19(17)27)36-22-23-34-11-20(40(23)9-6-33-22)18-13-39(8-5-31)37-21(18)26(28,29)30;2-1-3/h2-3,6,9-11,13-15H,4,7-8,12,32H2,1H3,(H,33,36)(H,35,41);1H,(H,2,3)/t14-,15+;/m1./s1. The number of anilines is 2. The summed E-state index contributed by atoms with van der Waals surface area (Å²) >= 11 is 6.40. The minimum absolute atomic E-state index is 0.0777. The SMILES string of the molecule is C[C@@H](NC(=O)c1ccc(Nc2nccn3c(-c4cn(CC#N)nc4C(F)(F)F)cnc23)cc1Cl)C(=O)N1CC[C@H](N)C1.O=CO. The normalized spacial score (nSPS) is 15.1. The number of alkyl halides is 3. The van der Waals surface area contributed by atoms with Gasteiger partial charge in [-0.3, -0.25) is 23.5 Å². The summed E-state index contributed by atoms with van der Waals surface area (Å²) in [6.45, 7) is 1.96. The van der Waals surface area contributed by atoms with Crippen molar-refractivity contribution in [3.8, 4) is 17.3 Å². The van der Waals surface area contributed by atoms with Gasteiger partial charge in [-0.1, -0.05) is 11.6 Å². The zero-order valence-corrected chi connectivity index (χ0v) is 24.2. The topological polar surface area (TPSA) is 197 Å². The van der Waals surface area contributed by atoms with E-state index in [1.807, 2.05) is 0 Å². The number of nitrogens with zero attached hydrogens (tertiary/aromatic N) is 7. The summed E-state index contributed by atoms with van der Waals surface area (Å²) in [4.78, 5) is 43.9. The highest BCUT2D eigenvalue weighted by molar-refractivity contribution is 6.34. The minimum Gasteiger partial charge on any atom is -0.483 e. The van der Waals surface area contributed by atoms with Crippen molar-refractivity contribution in [2.24, 2.45) is 5.73 Å². The number of imidazole rings is 1. The largest absolute Gasteiger partial charge is 0.483 e. The number of rotatable bonds is 7. The van der Waals surface area contributed by atoms with Gasteiger partial charge in [0.05, 0.1) is 34.1 Å². The zero-order chi connectivity index (χ0) is 32.9. The predicted octanol–water partition coefficient (Wildman–Crippen LogP) is 2.91. The summed E-state index contributed by atoms with van der Waals surface area (Å²) < 4.78 is 43.4. The second kappa shape index (κ2) is 13.6. The number of benzene rings is 1. The highest BCUT2D eigenvalue weighted by Gasteiger charge is 2.38. The Hall–Kier alpha value is -5.21. The number of aromatic nitrogens is 5. The molecule has 14 nitrogen and oxygen atoms in total. The van der Waals surface area contributed by atoms with Crippen molar-refractivity contribution in [3.63, 3.8) is 0 Å². The number of nitriles is 1. The Morgan fingerprint density at radius 1 is 1.33 bits per heavy atom. The molecule has 4 aromatic rings. The second-order valence-corrected chi connectivity index (χ2v) is 10.2. The van der Waals surface area contributed by atoms with Crippen molar-refractivity contribution in [1.82, 2.24) is 34.4 Å². The van der Waals surface area contributed by atoms with Gasteiger partial charge in [-0.25, -0.2) is 9.97 Å². The lowest BCUT2D eigenvalue weighted by atomic mass is 10.1. The molecule has 5 rings (SSSR count). The number of nitrogens with one attached hydrogen (secondary N) is 2. The molecule has 0 radical (unpaired) electrons. The zero-order valence-electron chi connectivity index (χ0n) is 23.5. The summed E-state index contributed by atoms with van der Waals surface area (Å²) in [5.74, 6) is -0.562. The Kier molecular flexibility index (Phi) is 9.89. The molecule has 4 heterocycles. The van der Waals surface area contributed by atoms with E-state index in [-0.39, 0.29) is 58.3 Å². The molecule has 3 aromatic heterocycles. The molecule has 0 bridgehead atoms. The first-order valence-corrected chi connectivity index (χ1v) is 13.6. The Labute approximate surface area is 258 Å². The number of hydrogen-bond acceptors (Lipinski definition) is 9. The quantitative estimate of drug-likeness (QED) is 0.217. The average Bonchev–Trinajstić information content (AvgIpc) is 3.71. The number of likely N-dealkylation sites (tertiary alicyclic amines) is 1. The summed E-state index contributed by atoms with van der Waals surface area (Å²) in [5.41, 5.74) is 5.34. The van der Waals surface area contributed by atoms with Crippen LogP contribution >= 0.6 is 11.6 Å². The number of amides is 2. The summed E-state index contributed by atoms with van der Waals surface area (Å²) in [6, 6.07) is 5.43. The van der Waals surface area contributed by atoms with Gasteiger partial charge in [-0.15, -0.1) is 0 Å². The van der Waals surface area contributed by atoms with Crippen LogP contribution < -0.4 is 16.4 Å². The van der Waals surface area contributed by atoms with Gasteiger partial charge in [0, 0.05) is 43.4 Å². The van der Waals surface area contributed by atoms with E-state index in [9.17, 15) is 22.8 Å². The number of hydrogen-bond donors (Lipinski definition) is 4. The van der Waals surface area contributed by atoms with Crippen molar-refractivity contribution in [2.45, 2.75) is 38.1 Å². The smallest absolute Gasteiger partial charge is 0.435 e. The van der Waals surface area contributed by atoms with Crippen LogP contribution in [-0.4, -0.2) is 77.6 Å². The van der Waals surface area contributed by atoms with Crippen LogP contribution in [0.1, 0.15) is 29.4 Å². The molecule has 5 N–H and O–H groups in total. The van der Waals surface area contributed by atoms with Crippen LogP contribution in [0.3, 0.4) is 0 Å². The molecule has 236 valence electrons. The third-order valence-corrected chi connectivity index (χ3v) is 7.01. The van der Waals surface area contributed by atoms with E-state index in [1.54, 1.807) is 24.0 Å². The molecule has 0 unspecified atom stereocenters. The van der Waals surface area contributed by atoms with Gasteiger partial charge in [0.25, 0.3) is 12.4 Å². The van der Waals surface area contributed by atoms with Gasteiger partial charge < -0.3 is 26.4 Å². The van der Waals surface area contributed by atoms with Crippen LogP contribution in [-0.2, 0) is 22.3 Å². The van der Waals surface area contributed by atoms with Crippen molar-refractivity contribution < 1.29 is 32.7 Å². The highest BCUT2D eigenvalue weighted by atomic mass is 35.5. The molecule has 0 aliphatic carbocycles. The van der Waals surface area contributed by atoms with Crippen LogP contribution in [0.4, 0.5) is 24.7 Å². The van der Waals surface area contributed by atoms with Gasteiger partial charge in [0.15, 0.2) is 17.2 Å². The molecule has 0 saturated carbocycles. The average molecular weight is 647 g/mol. The number of fused-ring (bicyclic) bond motifs is 1. The first-order chi connectivity index (χ1) is 21.4. The molecule has 1 fully saturated rings. The third kappa shape index (κ3) is 7.30. The molecule has 2 amide bonds. The van der Waals surface area contributed by atoms with Crippen molar-refractivity contribution >= 4 is 47.0 Å². The Balaban J connectivity index is 0.00000148. The van der Waals surface area contributed by atoms with E-state index in [4.69, 9.17) is 32.5 Å². The Morgan fingerprint density at radius 2 is 2.07 bits per heavy atom. The maximum absolute atomic E-state index is 13.7. The van der Waals surface area contributed by atoms with Crippen LogP contribution in [0.2, 0.25) is 5.02 Å². The van der Waals surface area contributed by atoms with Gasteiger partial charge in [0.1, 0.15) is 12.6 Å². The number of nitrogens with two attached hydrogens (primary N) is 1. The third-order valence-electron chi connectivity index (χ3n) is 6.70. The van der Waals surface area contributed by atoms with Crippen LogP contribution in [0.15, 0.2) is 43.0 Å². The van der Waals surface area contributed by atoms with Gasteiger partial charge in [-0.05, 0) is 31.5 Å². The lowest BCUT2D eigenvalue weighted by Crippen LogP contribution is -2.46. The van der Waals surface area contributed by atoms with Crippen LogP contribution in [0.25, 0.3) is 16.9 Å². The molecular formula is C27H26ClF3N10O4. The molecule has 1 aliphatic rings. The molecule has 18 heteroatoms. The van der Waals surface area contributed by atoms with E-state index in [0.717, 1.165) is 10.9 Å². The van der Waals surface area contributed by atoms with E-state index in [1.165, 1.54) is 35.1 Å². The molecule has 2 atom stereocenters. The highest BCUT2D eigenvalue weighted by Crippen LogP contribution is 2.37. The van der Waals surface area contributed by atoms with Gasteiger partial charge in [-0.2, -0.15) is 23.5 Å². The fourth-order valence-corrected chi connectivity index (χ4v) is 4.96. The first kappa shape index (κ1) is 32.7. The summed E-state index contributed by atoms with van der Waals surface area (Å²) in [5, 5.41) is 25.1. The van der Waals surface area contributed by atoms with E-state index >= 15 is 0 Å². The maximum Gasteiger partial charge on any atom is 0.435 e. The number of halogens is 4. The van der Waals surface area contributed by atoms with Crippen LogP contribution in [0.5, 0.6) is 0 Å². The first-order valence-electron chi connectivity index (χ1n) is 13.2. The van der Waals surface area contributed by atoms with Crippen molar-refractivity contribution in [1.29, 1.82) is 5.26 Å². The fourth-order valence-electron chi connectivity index (χ4n) is 4.69. The monoisotopic (exact) mass is 646 g/mol. The second-order valence-electron chi connectivity index (χ2n) is 9.81. The lowest BCUT2D eigenvalue weighted by molar-refractivity contribution is -0.141. The fraction of sp³-hybridized carbons (Fsp3) is 0.296. The molecule has 1 aliphatic heterocycles. The van der Waals surface area contributed by atoms with Gasteiger partial charge in [0.2, 0.25) is 5.91 Å². The molecule has 1 saturated heterocycles. The van der Waals surface area contributed by atoms with E-state index in [0.29, 0.717) is 25.2 Å². The number of carbonyl (C=O) groups is 3. The Bertz CT molecular complexity index is 1770. The minimum atomic E-state index is -4.76. The Morgan fingerprint density at radius 3 is 2.69 bits per heavy atom. The van der Waals surface area contributed by atoms with Crippen molar-refractivity contribution in [2.75, 3.05) is 18.4 Å². The molecule has 1 aromatic carbocycles. The number of carboxylic acid groups (broad SMARTS) is 1. The van der Waals surface area contributed by atoms with E-state index in [2.05, 4.69) is 25.7 Å². The van der Waals surface area contributed by atoms with Gasteiger partial charge >= 0.3 is 6.18 Å². The van der Waals surface area contributed by atoms with E-state index < -0.39 is 23.8 Å². The maximum atomic E-state index is 13.7. The predicted molar refractivity (Wildman–Crippen MR) is 154 cm³/mol.